The number of rotatable bonds is 0. The van der Waals surface area contributed by atoms with Gasteiger partial charge in [-0.1, -0.05) is 0 Å². The highest BCUT2D eigenvalue weighted by Gasteiger charge is 2.29. The molecule has 5 heteroatoms. The minimum Gasteiger partial charge on any atom is -0.444 e. The number of likely N-dealkylation sites (tertiary alicyclic amines) is 1. The van der Waals surface area contributed by atoms with Gasteiger partial charge in [0.05, 0.1) is 6.54 Å². The van der Waals surface area contributed by atoms with Crippen LogP contribution in [0.2, 0.25) is 0 Å². The topological polar surface area (TPSA) is 46.6 Å². The Morgan fingerprint density at radius 1 is 1.50 bits per heavy atom. The SMILES string of the molecule is CC(C)(C)OC(=O)N1CCC[C@H](F)C(=O)C1. The molecule has 1 aliphatic heterocycles. The molecular formula is C11H18FNO3. The van der Waals surface area contributed by atoms with E-state index in [9.17, 15) is 14.0 Å². The third kappa shape index (κ3) is 3.79. The Kier molecular flexibility index (Phi) is 3.88. The molecule has 16 heavy (non-hydrogen) atoms. The first-order chi connectivity index (χ1) is 7.29. The van der Waals surface area contributed by atoms with Crippen LogP contribution in [0.15, 0.2) is 0 Å². The monoisotopic (exact) mass is 231 g/mol. The van der Waals surface area contributed by atoms with Crippen molar-refractivity contribution in [1.82, 2.24) is 4.90 Å². The van der Waals surface area contributed by atoms with Crippen LogP contribution in [0.1, 0.15) is 33.6 Å². The number of nitrogens with zero attached hydrogens (tertiary/aromatic N) is 1. The van der Waals surface area contributed by atoms with Crippen molar-refractivity contribution in [2.45, 2.75) is 45.4 Å². The van der Waals surface area contributed by atoms with Gasteiger partial charge < -0.3 is 9.64 Å². The fraction of sp³-hybridized carbons (Fsp3) is 0.818. The van der Waals surface area contributed by atoms with Crippen molar-refractivity contribution >= 4 is 11.9 Å². The second kappa shape index (κ2) is 4.80. The lowest BCUT2D eigenvalue weighted by molar-refractivity contribution is -0.124. The van der Waals surface area contributed by atoms with Crippen molar-refractivity contribution in [1.29, 1.82) is 0 Å². The summed E-state index contributed by atoms with van der Waals surface area (Å²) in [5.41, 5.74) is -0.596. The van der Waals surface area contributed by atoms with E-state index in [1.165, 1.54) is 4.90 Å². The molecule has 4 nitrogen and oxygen atoms in total. The van der Waals surface area contributed by atoms with E-state index in [1.807, 2.05) is 0 Å². The highest BCUT2D eigenvalue weighted by molar-refractivity contribution is 5.87. The number of halogens is 1. The molecule has 0 aromatic rings. The van der Waals surface area contributed by atoms with E-state index in [4.69, 9.17) is 4.74 Å². The summed E-state index contributed by atoms with van der Waals surface area (Å²) >= 11 is 0. The molecule has 0 radical (unpaired) electrons. The molecule has 1 heterocycles. The van der Waals surface area contributed by atoms with Gasteiger partial charge in [-0.15, -0.1) is 0 Å². The molecule has 1 saturated heterocycles. The maximum atomic E-state index is 13.1. The van der Waals surface area contributed by atoms with E-state index in [-0.39, 0.29) is 13.0 Å². The molecule has 1 aliphatic rings. The highest BCUT2D eigenvalue weighted by Crippen LogP contribution is 2.15. The highest BCUT2D eigenvalue weighted by atomic mass is 19.1. The summed E-state index contributed by atoms with van der Waals surface area (Å²) in [6.45, 7) is 5.45. The lowest BCUT2D eigenvalue weighted by atomic mass is 10.2. The molecular weight excluding hydrogens is 213 g/mol. The molecule has 92 valence electrons. The molecule has 0 bridgehead atoms. The van der Waals surface area contributed by atoms with Gasteiger partial charge in [0.2, 0.25) is 0 Å². The second-order valence-electron chi connectivity index (χ2n) is 4.98. The molecule has 0 spiro atoms. The van der Waals surface area contributed by atoms with Gasteiger partial charge >= 0.3 is 6.09 Å². The molecule has 0 unspecified atom stereocenters. The first kappa shape index (κ1) is 12.9. The standard InChI is InChI=1S/C11H18FNO3/c1-11(2,3)16-10(15)13-6-4-5-8(12)9(14)7-13/h8H,4-7H2,1-3H3/t8-/m0/s1. The Hall–Kier alpha value is -1.13. The van der Waals surface area contributed by atoms with Crippen molar-refractivity contribution in [3.63, 3.8) is 0 Å². The molecule has 0 aliphatic carbocycles. The zero-order valence-corrected chi connectivity index (χ0v) is 9.96. The summed E-state index contributed by atoms with van der Waals surface area (Å²) in [6.07, 6.45) is -1.30. The molecule has 0 N–H and O–H groups in total. The lowest BCUT2D eigenvalue weighted by Gasteiger charge is -2.25. The average molecular weight is 231 g/mol. The summed E-state index contributed by atoms with van der Waals surface area (Å²) < 4.78 is 18.2. The minimum absolute atomic E-state index is 0.184. The Morgan fingerprint density at radius 2 is 2.12 bits per heavy atom. The lowest BCUT2D eigenvalue weighted by Crippen LogP contribution is -2.40. The Labute approximate surface area is 94.7 Å². The van der Waals surface area contributed by atoms with Crippen LogP contribution in [0, 0.1) is 0 Å². The molecule has 1 atom stereocenters. The van der Waals surface area contributed by atoms with Crippen molar-refractivity contribution in [2.75, 3.05) is 13.1 Å². The number of carbonyl (C=O) groups excluding carboxylic acids is 2. The number of carbonyl (C=O) groups is 2. The van der Waals surface area contributed by atoms with Crippen LogP contribution in [0.25, 0.3) is 0 Å². The van der Waals surface area contributed by atoms with Crippen molar-refractivity contribution in [2.24, 2.45) is 0 Å². The normalized spacial score (nSPS) is 22.9. The Bertz CT molecular complexity index is 285. The molecule has 1 fully saturated rings. The van der Waals surface area contributed by atoms with Crippen LogP contribution in [0.3, 0.4) is 0 Å². The quantitative estimate of drug-likeness (QED) is 0.640. The number of hydrogen-bond donors (Lipinski definition) is 0. The molecule has 0 saturated carbocycles. The predicted molar refractivity (Wildman–Crippen MR) is 56.9 cm³/mol. The zero-order valence-electron chi connectivity index (χ0n) is 9.96. The van der Waals surface area contributed by atoms with Gasteiger partial charge in [-0.25, -0.2) is 9.18 Å². The fourth-order valence-corrected chi connectivity index (χ4v) is 1.47. The van der Waals surface area contributed by atoms with Crippen molar-refractivity contribution in [3.8, 4) is 0 Å². The van der Waals surface area contributed by atoms with Crippen LogP contribution in [-0.4, -0.2) is 41.6 Å². The molecule has 1 rings (SSSR count). The summed E-state index contributed by atoms with van der Waals surface area (Å²) in [5.74, 6) is -0.539. The van der Waals surface area contributed by atoms with E-state index in [2.05, 4.69) is 0 Å². The summed E-state index contributed by atoms with van der Waals surface area (Å²) in [7, 11) is 0. The predicted octanol–water partition coefficient (Wildman–Crippen LogP) is 1.92. The largest absolute Gasteiger partial charge is 0.444 e. The van der Waals surface area contributed by atoms with E-state index in [0.29, 0.717) is 13.0 Å². The van der Waals surface area contributed by atoms with Gasteiger partial charge in [0.15, 0.2) is 12.0 Å². The molecule has 1 amide bonds. The minimum atomic E-state index is -1.44. The zero-order chi connectivity index (χ0) is 12.3. The number of ketones is 1. The fourth-order valence-electron chi connectivity index (χ4n) is 1.47. The van der Waals surface area contributed by atoms with E-state index in [0.717, 1.165) is 0 Å². The van der Waals surface area contributed by atoms with Crippen LogP contribution in [0.5, 0.6) is 0 Å². The van der Waals surface area contributed by atoms with Crippen LogP contribution in [0.4, 0.5) is 9.18 Å². The summed E-state index contributed by atoms with van der Waals surface area (Å²) in [6, 6.07) is 0. The van der Waals surface area contributed by atoms with Gasteiger partial charge in [0, 0.05) is 6.54 Å². The maximum absolute atomic E-state index is 13.1. The molecule has 0 aromatic heterocycles. The maximum Gasteiger partial charge on any atom is 0.410 e. The first-order valence-corrected chi connectivity index (χ1v) is 5.44. The Morgan fingerprint density at radius 3 is 2.69 bits per heavy atom. The van der Waals surface area contributed by atoms with Gasteiger partial charge in [0.25, 0.3) is 0 Å². The average Bonchev–Trinajstić information content (AvgIpc) is 2.27. The number of alkyl halides is 1. The van der Waals surface area contributed by atoms with Crippen LogP contribution >= 0.6 is 0 Å². The van der Waals surface area contributed by atoms with E-state index in [1.54, 1.807) is 20.8 Å². The molecule has 0 aromatic carbocycles. The van der Waals surface area contributed by atoms with Crippen LogP contribution < -0.4 is 0 Å². The smallest absolute Gasteiger partial charge is 0.410 e. The summed E-state index contributed by atoms with van der Waals surface area (Å²) in [4.78, 5) is 24.2. The van der Waals surface area contributed by atoms with Crippen molar-refractivity contribution in [3.05, 3.63) is 0 Å². The van der Waals surface area contributed by atoms with Crippen LogP contribution in [-0.2, 0) is 9.53 Å². The Balaban J connectivity index is 2.59. The number of Topliss-reactive ketones (excluding diaryl/α,β-unsaturated/α-hetero) is 1. The third-order valence-electron chi connectivity index (χ3n) is 2.23. The number of ether oxygens (including phenoxy) is 1. The number of hydrogen-bond acceptors (Lipinski definition) is 3. The van der Waals surface area contributed by atoms with Gasteiger partial charge in [-0.2, -0.15) is 0 Å². The number of amides is 1. The first-order valence-electron chi connectivity index (χ1n) is 5.44. The van der Waals surface area contributed by atoms with Crippen molar-refractivity contribution < 1.29 is 18.7 Å². The second-order valence-corrected chi connectivity index (χ2v) is 4.98. The summed E-state index contributed by atoms with van der Waals surface area (Å²) in [5, 5.41) is 0. The van der Waals surface area contributed by atoms with Gasteiger partial charge in [0.1, 0.15) is 5.60 Å². The van der Waals surface area contributed by atoms with E-state index >= 15 is 0 Å². The van der Waals surface area contributed by atoms with E-state index < -0.39 is 23.6 Å². The van der Waals surface area contributed by atoms with Gasteiger partial charge in [-0.3, -0.25) is 4.79 Å². The van der Waals surface area contributed by atoms with Gasteiger partial charge in [-0.05, 0) is 33.6 Å². The third-order valence-corrected chi connectivity index (χ3v) is 2.23.